The van der Waals surface area contributed by atoms with Crippen LogP contribution in [-0.2, 0) is 32.5 Å². The first-order valence-electron chi connectivity index (χ1n) is 13.5. The van der Waals surface area contributed by atoms with Gasteiger partial charge in [-0.2, -0.15) is 13.5 Å². The fourth-order valence-corrected chi connectivity index (χ4v) is 5.50. The van der Waals surface area contributed by atoms with E-state index >= 15 is 0 Å². The van der Waals surface area contributed by atoms with Gasteiger partial charge in [-0.1, -0.05) is 41.4 Å². The molecular formula is C29H32Cl3F2N3O7S. The normalized spacial score (nSPS) is 13.7. The molecule has 1 atom stereocenters. The van der Waals surface area contributed by atoms with Crippen LogP contribution in [0.25, 0.3) is 0 Å². The van der Waals surface area contributed by atoms with Gasteiger partial charge in [0, 0.05) is 24.2 Å². The van der Waals surface area contributed by atoms with Crippen molar-refractivity contribution in [3.8, 4) is 11.5 Å². The largest absolute Gasteiger partial charge is 0.619 e. The first kappa shape index (κ1) is 36.4. The number of likely N-dealkylation sites (N-methyl/N-ethyl adjacent to an activating group) is 1. The minimum absolute atomic E-state index is 0. The number of alkyl halides is 2. The second kappa shape index (κ2) is 15.9. The molecule has 1 aliphatic rings. The van der Waals surface area contributed by atoms with Crippen LogP contribution in [0.5, 0.6) is 11.5 Å². The highest BCUT2D eigenvalue weighted by molar-refractivity contribution is 7.92. The second-order valence-electron chi connectivity index (χ2n) is 10.6. The molecule has 1 heterocycles. The number of sulfonamides is 1. The molecule has 3 aromatic rings. The molecule has 2 aromatic carbocycles. The summed E-state index contributed by atoms with van der Waals surface area (Å²) in [4.78, 5) is 14.9. The van der Waals surface area contributed by atoms with Crippen LogP contribution in [0.4, 0.5) is 14.5 Å². The molecule has 0 radical (unpaired) electrons. The third-order valence-corrected chi connectivity index (χ3v) is 7.81. The number of benzene rings is 2. The summed E-state index contributed by atoms with van der Waals surface area (Å²) in [5, 5.41) is 11.9. The lowest BCUT2D eigenvalue weighted by molar-refractivity contribution is -0.605. The quantitative estimate of drug-likeness (QED) is 0.120. The predicted octanol–water partition coefficient (Wildman–Crippen LogP) is 5.77. The summed E-state index contributed by atoms with van der Waals surface area (Å²) in [6.07, 6.45) is 4.24. The van der Waals surface area contributed by atoms with E-state index in [1.807, 2.05) is 0 Å². The summed E-state index contributed by atoms with van der Waals surface area (Å²) < 4.78 is 68.2. The van der Waals surface area contributed by atoms with E-state index < -0.39 is 28.7 Å². The predicted molar refractivity (Wildman–Crippen MR) is 168 cm³/mol. The number of aromatic nitrogens is 1. The fourth-order valence-electron chi connectivity index (χ4n) is 4.34. The van der Waals surface area contributed by atoms with Gasteiger partial charge in [-0.25, -0.2) is 8.42 Å². The maximum Gasteiger partial charge on any atom is 0.387 e. The first-order valence-corrected chi connectivity index (χ1v) is 16.1. The minimum Gasteiger partial charge on any atom is -0.619 e. The van der Waals surface area contributed by atoms with Crippen molar-refractivity contribution in [2.24, 2.45) is 5.92 Å². The average Bonchev–Trinajstić information content (AvgIpc) is 3.74. The molecule has 1 N–H and O–H groups in total. The lowest BCUT2D eigenvalue weighted by Gasteiger charge is -2.23. The highest BCUT2D eigenvalue weighted by atomic mass is 35.5. The van der Waals surface area contributed by atoms with Crippen LogP contribution in [-0.4, -0.2) is 52.4 Å². The van der Waals surface area contributed by atoms with Gasteiger partial charge in [-0.05, 0) is 61.2 Å². The van der Waals surface area contributed by atoms with Crippen molar-refractivity contribution in [3.63, 3.8) is 0 Å². The van der Waals surface area contributed by atoms with Crippen molar-refractivity contribution >= 4 is 57.3 Å². The first-order chi connectivity index (χ1) is 20.8. The zero-order valence-electron chi connectivity index (χ0n) is 24.3. The molecule has 0 aliphatic heterocycles. The van der Waals surface area contributed by atoms with Crippen LogP contribution >= 0.6 is 35.6 Å². The number of halogens is 5. The van der Waals surface area contributed by atoms with Crippen LogP contribution in [0.2, 0.25) is 10.0 Å². The van der Waals surface area contributed by atoms with Crippen molar-refractivity contribution in [2.75, 3.05) is 31.2 Å². The number of carbonyl (C=O) groups excluding carboxylic acids is 1. The van der Waals surface area contributed by atoms with Gasteiger partial charge in [-0.3, -0.25) is 14.4 Å². The van der Waals surface area contributed by atoms with E-state index in [1.54, 1.807) is 36.2 Å². The molecule has 45 heavy (non-hydrogen) atoms. The van der Waals surface area contributed by atoms with Crippen LogP contribution in [0.3, 0.4) is 0 Å². The van der Waals surface area contributed by atoms with Gasteiger partial charge in [0.2, 0.25) is 10.0 Å². The Kier molecular flexibility index (Phi) is 12.9. The van der Waals surface area contributed by atoms with E-state index in [1.165, 1.54) is 18.2 Å². The summed E-state index contributed by atoms with van der Waals surface area (Å²) >= 11 is 12.6. The van der Waals surface area contributed by atoms with Crippen LogP contribution < -0.4 is 18.9 Å². The molecule has 1 fully saturated rings. The second-order valence-corrected chi connectivity index (χ2v) is 13.1. The number of hydrogen-bond donors (Lipinski definition) is 1. The molecular weight excluding hydrogens is 679 g/mol. The third kappa shape index (κ3) is 11.6. The molecule has 10 nitrogen and oxygen atoms in total. The molecule has 1 aromatic heterocycles. The van der Waals surface area contributed by atoms with Gasteiger partial charge in [0.1, 0.15) is 16.1 Å². The average molecular weight is 711 g/mol. The van der Waals surface area contributed by atoms with E-state index in [-0.39, 0.29) is 46.9 Å². The van der Waals surface area contributed by atoms with Gasteiger partial charge in [0.25, 0.3) is 0 Å². The maximum atomic E-state index is 13.2. The lowest BCUT2D eigenvalue weighted by atomic mass is 10.0. The van der Waals surface area contributed by atoms with Crippen LogP contribution in [0.15, 0.2) is 54.9 Å². The summed E-state index contributed by atoms with van der Waals surface area (Å²) in [5.74, 6) is -0.363. The van der Waals surface area contributed by atoms with Gasteiger partial charge in [-0.15, -0.1) is 12.4 Å². The molecule has 1 aliphatic carbocycles. The molecule has 0 amide bonds. The van der Waals surface area contributed by atoms with E-state index in [4.69, 9.17) is 32.7 Å². The van der Waals surface area contributed by atoms with E-state index in [2.05, 4.69) is 9.46 Å². The maximum absolute atomic E-state index is 13.2. The Morgan fingerprint density at radius 2 is 1.76 bits per heavy atom. The van der Waals surface area contributed by atoms with Crippen molar-refractivity contribution in [1.82, 2.24) is 4.90 Å². The number of anilines is 1. The zero-order chi connectivity index (χ0) is 32.0. The Morgan fingerprint density at radius 1 is 1.11 bits per heavy atom. The number of ether oxygens (including phenoxy) is 3. The Morgan fingerprint density at radius 3 is 2.33 bits per heavy atom. The van der Waals surface area contributed by atoms with E-state index in [0.29, 0.717) is 40.6 Å². The monoisotopic (exact) mass is 709 g/mol. The highest BCUT2D eigenvalue weighted by Crippen LogP contribution is 2.37. The summed E-state index contributed by atoms with van der Waals surface area (Å²) in [6.45, 7) is -2.53. The number of esters is 1. The van der Waals surface area contributed by atoms with Crippen molar-refractivity contribution in [3.05, 3.63) is 86.8 Å². The molecule has 0 saturated heterocycles. The Balaban J connectivity index is 0.00000552. The fraction of sp³-hybridized carbons (Fsp3) is 0.379. The zero-order valence-corrected chi connectivity index (χ0v) is 27.4. The van der Waals surface area contributed by atoms with Gasteiger partial charge in [0.15, 0.2) is 23.9 Å². The number of pyridine rings is 1. The van der Waals surface area contributed by atoms with E-state index in [9.17, 15) is 27.2 Å². The lowest BCUT2D eigenvalue weighted by Crippen LogP contribution is -2.29. The number of rotatable bonds is 15. The summed E-state index contributed by atoms with van der Waals surface area (Å²) in [7, 11) is -1.71. The molecule has 0 spiro atoms. The standard InChI is InChI=1S/C29H31Cl2F2N3O7S.ClH/c1-35(13-18-5-8-21(9-6-18)34-44(2,39)40)16-28(37)42-26(12-22-23(30)14-36(38)15-24(22)31)20-7-10-25(43-29(32)33)27(11-20)41-17-19-3-4-19;/h5-11,14-15,19,26,29,34H,3-4,12-13,16-17H2,1-2H3;1H. The molecule has 1 unspecified atom stereocenters. The van der Waals surface area contributed by atoms with Crippen LogP contribution in [0.1, 0.15) is 35.6 Å². The smallest absolute Gasteiger partial charge is 0.387 e. The summed E-state index contributed by atoms with van der Waals surface area (Å²) in [6, 6.07) is 11.0. The Labute approximate surface area is 276 Å². The molecule has 1 saturated carbocycles. The molecule has 16 heteroatoms. The number of nitrogens with one attached hydrogen (secondary N) is 1. The molecule has 0 bridgehead atoms. The molecule has 4 rings (SSSR count). The Hall–Kier alpha value is -3.10. The number of carbonyl (C=O) groups is 1. The molecule has 246 valence electrons. The van der Waals surface area contributed by atoms with Gasteiger partial charge in [0.05, 0.1) is 19.4 Å². The number of hydrogen-bond acceptors (Lipinski definition) is 8. The van der Waals surface area contributed by atoms with Crippen molar-refractivity contribution < 1.29 is 40.9 Å². The van der Waals surface area contributed by atoms with Gasteiger partial charge < -0.3 is 19.4 Å². The third-order valence-electron chi connectivity index (χ3n) is 6.56. The topological polar surface area (TPSA) is 121 Å². The van der Waals surface area contributed by atoms with E-state index in [0.717, 1.165) is 37.1 Å². The summed E-state index contributed by atoms with van der Waals surface area (Å²) in [5.41, 5.74) is 1.99. The minimum atomic E-state index is -3.41. The van der Waals surface area contributed by atoms with Crippen molar-refractivity contribution in [1.29, 1.82) is 0 Å². The highest BCUT2D eigenvalue weighted by Gasteiger charge is 2.26. The SMILES string of the molecule is CN(CC(=O)OC(Cc1c(Cl)c[n+]([O-])cc1Cl)c1ccc(OC(F)F)c(OCC2CC2)c1)Cc1ccc(NS(C)(=O)=O)cc1.Cl. The van der Waals surface area contributed by atoms with Crippen molar-refractivity contribution in [2.45, 2.75) is 38.5 Å². The van der Waals surface area contributed by atoms with Gasteiger partial charge >= 0.3 is 12.6 Å². The van der Waals surface area contributed by atoms with Crippen LogP contribution in [0, 0.1) is 11.1 Å². The number of nitrogens with zero attached hydrogens (tertiary/aromatic N) is 2. The Bertz CT molecular complexity index is 1560.